The van der Waals surface area contributed by atoms with Crippen molar-refractivity contribution in [2.75, 3.05) is 13.2 Å². The van der Waals surface area contributed by atoms with Gasteiger partial charge < -0.3 is 94.4 Å². The lowest BCUT2D eigenvalue weighted by atomic mass is 9.35. The first-order valence-corrected chi connectivity index (χ1v) is 24.5. The fourth-order valence-corrected chi connectivity index (χ4v) is 15.4. The Bertz CT molecular complexity index is 1800. The van der Waals surface area contributed by atoms with E-state index in [1.165, 1.54) is 6.92 Å². The Morgan fingerprint density at radius 3 is 1.84 bits per heavy atom. The second kappa shape index (κ2) is 18.2. The van der Waals surface area contributed by atoms with Crippen molar-refractivity contribution in [3.63, 3.8) is 0 Å². The van der Waals surface area contributed by atoms with Crippen molar-refractivity contribution in [3.8, 4) is 0 Å². The molecule has 8 rings (SSSR count). The zero-order valence-corrected chi connectivity index (χ0v) is 40.4. The third kappa shape index (κ3) is 7.87. The molecule has 27 atom stereocenters. The van der Waals surface area contributed by atoms with Crippen LogP contribution in [0.2, 0.25) is 0 Å². The number of allylic oxidation sites excluding steroid dienone is 1. The molecule has 386 valence electrons. The average Bonchev–Trinajstić information content (AvgIpc) is 3.59. The molecule has 0 aromatic rings. The summed E-state index contributed by atoms with van der Waals surface area (Å²) in [6, 6.07) is 0. The zero-order valence-electron chi connectivity index (χ0n) is 40.4. The molecule has 4 aliphatic carbocycles. The summed E-state index contributed by atoms with van der Waals surface area (Å²) in [6.07, 6.45) is -20.1. The topological polar surface area (TPSA) is 307 Å². The molecule has 8 aliphatic rings. The first kappa shape index (κ1) is 52.3. The molecule has 67 heavy (non-hydrogen) atoms. The van der Waals surface area contributed by atoms with Gasteiger partial charge in [-0.3, -0.25) is 0 Å². The highest BCUT2D eigenvalue weighted by Crippen LogP contribution is 2.78. The maximum Gasteiger partial charge on any atom is 0.198 e. The number of rotatable bonds is 10. The summed E-state index contributed by atoms with van der Waals surface area (Å²) in [6.45, 7) is 16.5. The summed E-state index contributed by atoms with van der Waals surface area (Å²) in [5.74, 6) is -2.72. The molecule has 0 aromatic carbocycles. The molecule has 0 amide bonds. The number of hydrogen-bond acceptors (Lipinski definition) is 19. The number of ether oxygens (including phenoxy) is 7. The normalized spacial score (nSPS) is 57.2. The second-order valence-corrected chi connectivity index (χ2v) is 23.3. The van der Waals surface area contributed by atoms with E-state index >= 15 is 0 Å². The lowest BCUT2D eigenvalue weighted by Crippen LogP contribution is -2.68. The third-order valence-corrected chi connectivity index (χ3v) is 19.3. The summed E-state index contributed by atoms with van der Waals surface area (Å²) in [5, 5.41) is 134. The van der Waals surface area contributed by atoms with E-state index in [-0.39, 0.29) is 23.2 Å². The fourth-order valence-electron chi connectivity index (χ4n) is 15.4. The first-order valence-electron chi connectivity index (χ1n) is 24.5. The van der Waals surface area contributed by atoms with Crippen molar-refractivity contribution in [2.45, 2.75) is 229 Å². The van der Waals surface area contributed by atoms with Crippen LogP contribution in [0.15, 0.2) is 11.6 Å². The second-order valence-electron chi connectivity index (χ2n) is 23.3. The number of hydrogen-bond donors (Lipinski definition) is 12. The Hall–Kier alpha value is -1.02. The Morgan fingerprint density at radius 2 is 1.21 bits per heavy atom. The van der Waals surface area contributed by atoms with E-state index in [4.69, 9.17) is 33.2 Å². The molecule has 4 heterocycles. The summed E-state index contributed by atoms with van der Waals surface area (Å²) in [4.78, 5) is 0. The fraction of sp³-hybridized carbons (Fsp3) is 0.958. The van der Waals surface area contributed by atoms with Crippen molar-refractivity contribution >= 4 is 0 Å². The van der Waals surface area contributed by atoms with E-state index in [0.717, 1.165) is 18.4 Å². The molecule has 19 heteroatoms. The van der Waals surface area contributed by atoms with Gasteiger partial charge in [-0.2, -0.15) is 0 Å². The van der Waals surface area contributed by atoms with Crippen molar-refractivity contribution in [3.05, 3.63) is 11.6 Å². The lowest BCUT2D eigenvalue weighted by molar-refractivity contribution is -0.398. The van der Waals surface area contributed by atoms with E-state index in [2.05, 4.69) is 34.6 Å². The minimum atomic E-state index is -1.93. The van der Waals surface area contributed by atoms with Crippen LogP contribution >= 0.6 is 0 Å². The van der Waals surface area contributed by atoms with Crippen molar-refractivity contribution in [2.24, 2.45) is 45.3 Å². The summed E-state index contributed by atoms with van der Waals surface area (Å²) >= 11 is 0. The predicted molar refractivity (Wildman–Crippen MR) is 233 cm³/mol. The van der Waals surface area contributed by atoms with Crippen molar-refractivity contribution < 1.29 is 94.4 Å². The molecule has 3 unspecified atom stereocenters. The molecule has 19 nitrogen and oxygen atoms in total. The number of aliphatic hydroxyl groups excluding tert-OH is 10. The Kier molecular flexibility index (Phi) is 14.2. The van der Waals surface area contributed by atoms with E-state index in [0.29, 0.717) is 32.1 Å². The maximum absolute atomic E-state index is 12.5. The molecule has 4 saturated heterocycles. The van der Waals surface area contributed by atoms with Crippen LogP contribution in [-0.4, -0.2) is 196 Å². The highest BCUT2D eigenvalue weighted by molar-refractivity contribution is 5.27. The van der Waals surface area contributed by atoms with E-state index in [1.807, 2.05) is 19.9 Å². The van der Waals surface area contributed by atoms with Gasteiger partial charge in [0.05, 0.1) is 43.0 Å². The van der Waals surface area contributed by atoms with Gasteiger partial charge in [0, 0.05) is 5.41 Å². The number of aliphatic hydroxyl groups is 12. The van der Waals surface area contributed by atoms with Crippen molar-refractivity contribution in [1.29, 1.82) is 0 Å². The zero-order chi connectivity index (χ0) is 49.3. The van der Waals surface area contributed by atoms with E-state index < -0.39 is 157 Å². The van der Waals surface area contributed by atoms with E-state index in [9.17, 15) is 61.3 Å². The van der Waals surface area contributed by atoms with Crippen LogP contribution in [0.5, 0.6) is 0 Å². The SMILES string of the molecule is CC(C)=CC[C@H]1O[C@]2(O)C([C@H]3CCC4[C@@]5(C)CC[C@H](O[C@@H]6O[C@H](CO)[C@H](O)[C@H](O[C@@H]7O[C@H](CO)[C@@H](O)[C@H](O)[C@H]7O)[C@H]6O[C@@H]6O[C@@H](C)[C@H](O)[C@@H](O)[C@H]6O)C(C)(C)C5CC[C@@]4(C)[C@]3(C)[C@H]2O)[C@@]1(C)O. The van der Waals surface area contributed by atoms with Crippen LogP contribution < -0.4 is 0 Å². The van der Waals surface area contributed by atoms with Crippen LogP contribution in [-0.2, 0) is 33.2 Å². The van der Waals surface area contributed by atoms with Gasteiger partial charge in [-0.25, -0.2) is 0 Å². The smallest absolute Gasteiger partial charge is 0.198 e. The number of fused-ring (bicyclic) bond motifs is 7. The summed E-state index contributed by atoms with van der Waals surface area (Å²) < 4.78 is 43.6. The van der Waals surface area contributed by atoms with Gasteiger partial charge >= 0.3 is 0 Å². The standard InChI is InChI=1S/C48H80O19/c1-20(2)10-13-28-47(9,59)38-22-11-12-26-44(6)16-15-27(43(4,5)25(44)14-17-45(26,7)46(22,8)42(58)48(38,60)67-28)64-41-37(66-39-34(56)32(54)29(51)21(3)61-39)36(31(53)24(19-50)63-41)65-40-35(57)33(55)30(52)23(18-49)62-40/h10,21-42,49-60H,11-19H2,1-9H3/t21-,22+,23+,24+,25?,26?,27-,28+,29-,30+,31-,32+,33-,34+,35+,36-,37+,38?,39-,40-,41-,42+,44-,45+,46-,47-,48+/m0/s1. The van der Waals surface area contributed by atoms with Crippen LogP contribution in [0.3, 0.4) is 0 Å². The van der Waals surface area contributed by atoms with Gasteiger partial charge in [0.2, 0.25) is 0 Å². The van der Waals surface area contributed by atoms with E-state index in [1.54, 1.807) is 6.92 Å². The molecule has 4 aliphatic heterocycles. The van der Waals surface area contributed by atoms with Crippen LogP contribution in [0.4, 0.5) is 0 Å². The largest absolute Gasteiger partial charge is 0.394 e. The van der Waals surface area contributed by atoms with Gasteiger partial charge in [-0.05, 0) is 107 Å². The Balaban J connectivity index is 1.08. The molecule has 8 fully saturated rings. The first-order chi connectivity index (χ1) is 31.2. The van der Waals surface area contributed by atoms with Gasteiger partial charge in [-0.15, -0.1) is 0 Å². The maximum atomic E-state index is 12.5. The lowest BCUT2D eigenvalue weighted by Gasteiger charge is -2.70. The molecule has 0 spiro atoms. The average molecular weight is 961 g/mol. The van der Waals surface area contributed by atoms with Crippen LogP contribution in [0.1, 0.15) is 107 Å². The Labute approximate surface area is 392 Å². The minimum absolute atomic E-state index is 0.0373. The predicted octanol–water partition coefficient (Wildman–Crippen LogP) is -0.692. The van der Waals surface area contributed by atoms with Gasteiger partial charge in [0.1, 0.15) is 73.2 Å². The van der Waals surface area contributed by atoms with Gasteiger partial charge in [0.15, 0.2) is 24.7 Å². The third-order valence-electron chi connectivity index (χ3n) is 19.3. The Morgan fingerprint density at radius 1 is 0.627 bits per heavy atom. The van der Waals surface area contributed by atoms with Crippen LogP contribution in [0, 0.1) is 45.3 Å². The molecular weight excluding hydrogens is 881 g/mol. The molecule has 0 aromatic heterocycles. The quantitative estimate of drug-likeness (QED) is 0.0953. The minimum Gasteiger partial charge on any atom is -0.394 e. The monoisotopic (exact) mass is 961 g/mol. The van der Waals surface area contributed by atoms with Crippen molar-refractivity contribution in [1.82, 2.24) is 0 Å². The highest BCUT2D eigenvalue weighted by Gasteiger charge is 2.81. The molecule has 0 radical (unpaired) electrons. The molecule has 0 bridgehead atoms. The molecule has 4 saturated carbocycles. The summed E-state index contributed by atoms with van der Waals surface area (Å²) in [5.41, 5.74) is -2.50. The molecular formula is C48H80O19. The molecule has 12 N–H and O–H groups in total. The summed E-state index contributed by atoms with van der Waals surface area (Å²) in [7, 11) is 0. The van der Waals surface area contributed by atoms with Crippen LogP contribution in [0.25, 0.3) is 0 Å². The highest BCUT2D eigenvalue weighted by atomic mass is 16.8. The van der Waals surface area contributed by atoms with Gasteiger partial charge in [0.25, 0.3) is 0 Å². The van der Waals surface area contributed by atoms with Gasteiger partial charge in [-0.1, -0.05) is 46.3 Å².